The number of benzene rings is 2. The van der Waals surface area contributed by atoms with Crippen LogP contribution < -0.4 is 5.56 Å². The van der Waals surface area contributed by atoms with Gasteiger partial charge in [0.1, 0.15) is 0 Å². The Morgan fingerprint density at radius 3 is 2.71 bits per heavy atom. The number of aryl methyl sites for hydroxylation is 1. The lowest BCUT2D eigenvalue weighted by Gasteiger charge is -2.07. The predicted octanol–water partition coefficient (Wildman–Crippen LogP) is 3.94. The molecule has 0 aliphatic rings. The van der Waals surface area contributed by atoms with Crippen molar-refractivity contribution in [3.8, 4) is 11.8 Å². The van der Waals surface area contributed by atoms with E-state index < -0.39 is 0 Å². The van der Waals surface area contributed by atoms with Crippen molar-refractivity contribution < 1.29 is 9.53 Å². The molecule has 0 amide bonds. The first-order chi connectivity index (χ1) is 13.7. The number of aromatic nitrogens is 1. The standard InChI is InChI=1S/C24H23NO3/c1-2-28-23(26)12-7-16-25-17-15-21-14-13-20(18-22(21)24(25)27)11-6-10-19-8-4-3-5-9-19/h3-5,8-9,13-15,17-18H,2,7,10,12,16H2,1H3. The van der Waals surface area contributed by atoms with Gasteiger partial charge in [-0.3, -0.25) is 9.59 Å². The zero-order valence-corrected chi connectivity index (χ0v) is 16.0. The molecule has 4 nitrogen and oxygen atoms in total. The number of fused-ring (bicyclic) bond motifs is 1. The van der Waals surface area contributed by atoms with E-state index in [1.54, 1.807) is 17.7 Å². The summed E-state index contributed by atoms with van der Waals surface area (Å²) in [4.78, 5) is 24.2. The van der Waals surface area contributed by atoms with Crippen LogP contribution in [0.3, 0.4) is 0 Å². The van der Waals surface area contributed by atoms with Gasteiger partial charge in [-0.25, -0.2) is 0 Å². The number of esters is 1. The molecule has 0 bridgehead atoms. The van der Waals surface area contributed by atoms with E-state index in [1.165, 1.54) is 5.56 Å². The van der Waals surface area contributed by atoms with Crippen LogP contribution in [-0.4, -0.2) is 17.1 Å². The highest BCUT2D eigenvalue weighted by Crippen LogP contribution is 2.12. The van der Waals surface area contributed by atoms with Crippen LogP contribution in [0.15, 0.2) is 65.6 Å². The van der Waals surface area contributed by atoms with Crippen LogP contribution in [0, 0.1) is 11.8 Å². The topological polar surface area (TPSA) is 48.3 Å². The molecule has 0 saturated heterocycles. The third-order valence-corrected chi connectivity index (χ3v) is 4.43. The van der Waals surface area contributed by atoms with E-state index in [0.717, 1.165) is 10.9 Å². The van der Waals surface area contributed by atoms with Crippen molar-refractivity contribution in [2.45, 2.75) is 32.7 Å². The number of rotatable bonds is 6. The highest BCUT2D eigenvalue weighted by atomic mass is 16.5. The first kappa shape index (κ1) is 19.4. The maximum Gasteiger partial charge on any atom is 0.305 e. The van der Waals surface area contributed by atoms with Crippen LogP contribution in [0.1, 0.15) is 30.9 Å². The van der Waals surface area contributed by atoms with Gasteiger partial charge in [-0.05, 0) is 42.5 Å². The lowest BCUT2D eigenvalue weighted by atomic mass is 10.1. The van der Waals surface area contributed by atoms with Crippen LogP contribution in [0.4, 0.5) is 0 Å². The molecular formula is C24H23NO3. The van der Waals surface area contributed by atoms with E-state index in [2.05, 4.69) is 11.8 Å². The van der Waals surface area contributed by atoms with Crippen LogP contribution in [0.5, 0.6) is 0 Å². The fraction of sp³-hybridized carbons (Fsp3) is 0.250. The summed E-state index contributed by atoms with van der Waals surface area (Å²) in [5, 5.41) is 1.53. The number of carbonyl (C=O) groups excluding carboxylic acids is 1. The number of pyridine rings is 1. The molecule has 1 heterocycles. The molecule has 0 spiro atoms. The minimum absolute atomic E-state index is 0.0620. The third-order valence-electron chi connectivity index (χ3n) is 4.43. The highest BCUT2D eigenvalue weighted by Gasteiger charge is 2.06. The molecule has 1 aromatic heterocycles. The largest absolute Gasteiger partial charge is 0.466 e. The summed E-state index contributed by atoms with van der Waals surface area (Å²) in [6, 6.07) is 17.7. The molecule has 0 N–H and O–H groups in total. The molecule has 0 saturated carbocycles. The first-order valence-electron chi connectivity index (χ1n) is 9.49. The SMILES string of the molecule is CCOC(=O)CCCn1ccc2ccc(C#CCc3ccccc3)cc2c1=O. The molecule has 4 heteroatoms. The van der Waals surface area contributed by atoms with Crippen molar-refractivity contribution in [2.75, 3.05) is 6.61 Å². The van der Waals surface area contributed by atoms with Gasteiger partial charge in [0, 0.05) is 36.5 Å². The zero-order valence-electron chi connectivity index (χ0n) is 16.0. The molecular weight excluding hydrogens is 350 g/mol. The van der Waals surface area contributed by atoms with E-state index in [1.807, 2.05) is 54.6 Å². The van der Waals surface area contributed by atoms with Crippen molar-refractivity contribution in [3.05, 3.63) is 82.3 Å². The van der Waals surface area contributed by atoms with Gasteiger partial charge in [0.15, 0.2) is 0 Å². The first-order valence-corrected chi connectivity index (χ1v) is 9.49. The lowest BCUT2D eigenvalue weighted by Crippen LogP contribution is -2.20. The fourth-order valence-corrected chi connectivity index (χ4v) is 3.00. The highest BCUT2D eigenvalue weighted by molar-refractivity contribution is 5.82. The van der Waals surface area contributed by atoms with Gasteiger partial charge >= 0.3 is 5.97 Å². The maximum absolute atomic E-state index is 12.8. The third kappa shape index (κ3) is 5.11. The van der Waals surface area contributed by atoms with Crippen LogP contribution in [-0.2, 0) is 22.5 Å². The number of nitrogens with zero attached hydrogens (tertiary/aromatic N) is 1. The second-order valence-electron chi connectivity index (χ2n) is 6.49. The number of hydrogen-bond acceptors (Lipinski definition) is 3. The van der Waals surface area contributed by atoms with E-state index in [4.69, 9.17) is 4.74 Å². The summed E-state index contributed by atoms with van der Waals surface area (Å²) in [5.41, 5.74) is 1.93. The van der Waals surface area contributed by atoms with Crippen LogP contribution in [0.2, 0.25) is 0 Å². The molecule has 28 heavy (non-hydrogen) atoms. The van der Waals surface area contributed by atoms with Gasteiger partial charge in [0.25, 0.3) is 5.56 Å². The second kappa shape index (κ2) is 9.57. The molecule has 2 aromatic carbocycles. The number of carbonyl (C=O) groups is 1. The van der Waals surface area contributed by atoms with E-state index in [0.29, 0.717) is 37.8 Å². The van der Waals surface area contributed by atoms with E-state index in [-0.39, 0.29) is 11.5 Å². The summed E-state index contributed by atoms with van der Waals surface area (Å²) in [6.07, 6.45) is 3.33. The average molecular weight is 373 g/mol. The van der Waals surface area contributed by atoms with E-state index in [9.17, 15) is 9.59 Å². The Bertz CT molecular complexity index is 1070. The van der Waals surface area contributed by atoms with Crippen molar-refractivity contribution in [1.29, 1.82) is 0 Å². The Labute approximate surface area is 164 Å². The van der Waals surface area contributed by atoms with Crippen LogP contribution in [0.25, 0.3) is 10.8 Å². The van der Waals surface area contributed by atoms with Crippen molar-refractivity contribution >= 4 is 16.7 Å². The average Bonchev–Trinajstić information content (AvgIpc) is 2.71. The van der Waals surface area contributed by atoms with Gasteiger partial charge in [-0.15, -0.1) is 0 Å². The molecule has 0 unspecified atom stereocenters. The molecule has 0 aliphatic heterocycles. The number of ether oxygens (including phenoxy) is 1. The Hall–Kier alpha value is -3.32. The monoisotopic (exact) mass is 373 g/mol. The second-order valence-corrected chi connectivity index (χ2v) is 6.49. The lowest BCUT2D eigenvalue weighted by molar-refractivity contribution is -0.143. The van der Waals surface area contributed by atoms with Gasteiger partial charge in [-0.1, -0.05) is 48.2 Å². The summed E-state index contributed by atoms with van der Waals surface area (Å²) in [7, 11) is 0. The Morgan fingerprint density at radius 1 is 1.11 bits per heavy atom. The Morgan fingerprint density at radius 2 is 1.93 bits per heavy atom. The molecule has 3 rings (SSSR count). The van der Waals surface area contributed by atoms with Gasteiger partial charge in [0.2, 0.25) is 0 Å². The smallest absolute Gasteiger partial charge is 0.305 e. The van der Waals surface area contributed by atoms with Crippen molar-refractivity contribution in [2.24, 2.45) is 0 Å². The summed E-state index contributed by atoms with van der Waals surface area (Å²) >= 11 is 0. The van der Waals surface area contributed by atoms with Crippen molar-refractivity contribution in [3.63, 3.8) is 0 Å². The molecule has 3 aromatic rings. The Balaban J connectivity index is 1.74. The predicted molar refractivity (Wildman–Crippen MR) is 111 cm³/mol. The Kier molecular flexibility index (Phi) is 6.64. The summed E-state index contributed by atoms with van der Waals surface area (Å²) in [6.45, 7) is 2.65. The van der Waals surface area contributed by atoms with E-state index >= 15 is 0 Å². The van der Waals surface area contributed by atoms with Gasteiger partial charge in [-0.2, -0.15) is 0 Å². The maximum atomic E-state index is 12.8. The quantitative estimate of drug-likeness (QED) is 0.486. The molecule has 0 fully saturated rings. The minimum Gasteiger partial charge on any atom is -0.466 e. The number of hydrogen-bond donors (Lipinski definition) is 0. The molecule has 0 radical (unpaired) electrons. The van der Waals surface area contributed by atoms with Gasteiger partial charge < -0.3 is 9.30 Å². The normalized spacial score (nSPS) is 10.3. The molecule has 142 valence electrons. The summed E-state index contributed by atoms with van der Waals surface area (Å²) < 4.78 is 6.57. The molecule has 0 aliphatic carbocycles. The fourth-order valence-electron chi connectivity index (χ4n) is 3.00. The molecule has 0 atom stereocenters. The van der Waals surface area contributed by atoms with Crippen molar-refractivity contribution in [1.82, 2.24) is 4.57 Å². The zero-order chi connectivity index (χ0) is 19.8. The van der Waals surface area contributed by atoms with Gasteiger partial charge in [0.05, 0.1) is 6.61 Å². The summed E-state index contributed by atoms with van der Waals surface area (Å²) in [5.74, 6) is 6.08. The van der Waals surface area contributed by atoms with Crippen LogP contribution >= 0.6 is 0 Å². The minimum atomic E-state index is -0.229.